The fraction of sp³-hybridized carbons (Fsp3) is 0.386. The minimum Gasteiger partial charge on any atom is -0.489 e. The zero-order chi connectivity index (χ0) is 50.7. The highest BCUT2D eigenvalue weighted by Crippen LogP contribution is 2.34. The third kappa shape index (κ3) is 10.9. The second-order valence-corrected chi connectivity index (χ2v) is 21.2. The first-order chi connectivity index (χ1) is 36.1. The average Bonchev–Trinajstić information content (AvgIpc) is 3.99. The lowest BCUT2D eigenvalue weighted by molar-refractivity contribution is -0.134. The standard InChI is InChI=1S/C57H62N10O6S/c1-63-48-34-41(15-18-44(48)53(62-63)45-19-21-51(68)60-55(45)70)66-32-30-65(31-33-66)26-5-25-64-27-22-38(23-28-64)11-10-37-12-16-42(17-13-37)73-36-40-14-20-50(59-52(40)56(71)72)67-29-24-39-6-4-7-43(46(39)35-67)54(69)61-57-58-47-8-2-3-9-49(47)74-57/h2-4,6-9,12-18,20,34,38,45H,5,10-11,19,21-33,35-36H2,1H3,(H,71,72)(H,58,61,69)(H,60,68,70). The predicted molar refractivity (Wildman–Crippen MR) is 287 cm³/mol. The summed E-state index contributed by atoms with van der Waals surface area (Å²) in [4.78, 5) is 69.3. The SMILES string of the molecule is Cn1nc(C2CCC(=O)NC2=O)c2ccc(N3CCN(CCCN4CCC(CCc5ccc(OCc6ccc(N7CCc8cccc(C(=O)Nc9nc%10ccccc%10s9)c8C7)nc6C(=O)O)cc5)CC4)CC3)cc21. The monoisotopic (exact) mass is 1010 g/mol. The molecule has 17 heteroatoms. The lowest BCUT2D eigenvalue weighted by Gasteiger charge is -2.37. The molecule has 74 heavy (non-hydrogen) atoms. The van der Waals surface area contributed by atoms with E-state index in [1.54, 1.807) is 6.07 Å². The van der Waals surface area contributed by atoms with Crippen LogP contribution in [0.4, 0.5) is 16.6 Å². The van der Waals surface area contributed by atoms with Gasteiger partial charge in [-0.15, -0.1) is 0 Å². The number of nitrogens with zero attached hydrogens (tertiary/aromatic N) is 8. The Balaban J connectivity index is 0.597. The van der Waals surface area contributed by atoms with Crippen molar-refractivity contribution < 1.29 is 29.0 Å². The number of thiazole rings is 1. The molecule has 7 aromatic rings. The molecule has 4 aliphatic rings. The van der Waals surface area contributed by atoms with E-state index in [0.717, 1.165) is 103 Å². The van der Waals surface area contributed by atoms with Crippen LogP contribution in [-0.2, 0) is 42.6 Å². The Bertz CT molecular complexity index is 3180. The average molecular weight is 1020 g/mol. The van der Waals surface area contributed by atoms with Crippen LogP contribution in [0, 0.1) is 5.92 Å². The summed E-state index contributed by atoms with van der Waals surface area (Å²) in [6, 6.07) is 31.8. The van der Waals surface area contributed by atoms with E-state index in [9.17, 15) is 24.3 Å². The van der Waals surface area contributed by atoms with Crippen molar-refractivity contribution in [2.45, 2.75) is 70.4 Å². The van der Waals surface area contributed by atoms with Gasteiger partial charge in [0.1, 0.15) is 18.2 Å². The summed E-state index contributed by atoms with van der Waals surface area (Å²) >= 11 is 1.44. The summed E-state index contributed by atoms with van der Waals surface area (Å²) in [5.41, 5.74) is 8.04. The molecule has 1 unspecified atom stereocenters. The minimum atomic E-state index is -1.12. The van der Waals surface area contributed by atoms with Crippen LogP contribution >= 0.6 is 11.3 Å². The van der Waals surface area contributed by atoms with Gasteiger partial charge in [0, 0.05) is 74.9 Å². The number of aryl methyl sites for hydroxylation is 2. The Morgan fingerprint density at radius 2 is 1.62 bits per heavy atom. The van der Waals surface area contributed by atoms with Crippen molar-refractivity contribution in [1.29, 1.82) is 0 Å². The molecular weight excluding hydrogens is 953 g/mol. The number of piperidine rings is 2. The Kier molecular flexibility index (Phi) is 14.4. The summed E-state index contributed by atoms with van der Waals surface area (Å²) in [5, 5.41) is 21.9. The Labute approximate surface area is 434 Å². The molecule has 7 heterocycles. The number of hydrogen-bond acceptors (Lipinski definition) is 13. The lowest BCUT2D eigenvalue weighted by atomic mass is 9.90. The first-order valence-corrected chi connectivity index (χ1v) is 26.9. The van der Waals surface area contributed by atoms with Gasteiger partial charge in [-0.1, -0.05) is 47.7 Å². The number of benzene rings is 4. The van der Waals surface area contributed by atoms with Gasteiger partial charge in [-0.05, 0) is 154 Å². The van der Waals surface area contributed by atoms with E-state index in [-0.39, 0.29) is 30.0 Å². The van der Waals surface area contributed by atoms with E-state index in [1.165, 1.54) is 41.9 Å². The van der Waals surface area contributed by atoms with Gasteiger partial charge < -0.3 is 24.5 Å². The third-order valence-electron chi connectivity index (χ3n) is 15.5. The van der Waals surface area contributed by atoms with Crippen molar-refractivity contribution in [3.05, 3.63) is 136 Å². The molecule has 4 aliphatic heterocycles. The maximum Gasteiger partial charge on any atom is 0.354 e. The van der Waals surface area contributed by atoms with Crippen LogP contribution in [0.1, 0.15) is 93.2 Å². The molecule has 3 amide bonds. The van der Waals surface area contributed by atoms with Gasteiger partial charge in [-0.25, -0.2) is 14.8 Å². The molecule has 16 nitrogen and oxygen atoms in total. The topological polar surface area (TPSA) is 178 Å². The Morgan fingerprint density at radius 3 is 2.41 bits per heavy atom. The van der Waals surface area contributed by atoms with Crippen LogP contribution in [0.15, 0.2) is 97.1 Å². The molecule has 1 atom stereocenters. The number of carboxylic acid groups (broad SMARTS) is 1. The number of pyridine rings is 1. The maximum absolute atomic E-state index is 13.6. The molecular formula is C57H62N10O6S. The number of carboxylic acids is 1. The first kappa shape index (κ1) is 49.0. The second kappa shape index (κ2) is 21.7. The highest BCUT2D eigenvalue weighted by molar-refractivity contribution is 7.22. The first-order valence-electron chi connectivity index (χ1n) is 26.1. The molecule has 0 spiro atoms. The van der Waals surface area contributed by atoms with Crippen molar-refractivity contribution in [3.63, 3.8) is 0 Å². The normalized spacial score (nSPS) is 17.9. The molecule has 0 radical (unpaired) electrons. The van der Waals surface area contributed by atoms with E-state index >= 15 is 0 Å². The quantitative estimate of drug-likeness (QED) is 0.0793. The molecule has 4 aromatic carbocycles. The van der Waals surface area contributed by atoms with Crippen LogP contribution in [0.2, 0.25) is 0 Å². The number of nitrogens with one attached hydrogen (secondary N) is 2. The summed E-state index contributed by atoms with van der Waals surface area (Å²) in [5.74, 6) is -0.273. The van der Waals surface area contributed by atoms with Crippen molar-refractivity contribution >= 4 is 72.8 Å². The van der Waals surface area contributed by atoms with Gasteiger partial charge in [-0.2, -0.15) is 5.10 Å². The highest BCUT2D eigenvalue weighted by Gasteiger charge is 2.32. The van der Waals surface area contributed by atoms with E-state index < -0.39 is 11.9 Å². The van der Waals surface area contributed by atoms with E-state index in [2.05, 4.69) is 65.6 Å². The zero-order valence-corrected chi connectivity index (χ0v) is 42.6. The number of aromatic carboxylic acids is 1. The zero-order valence-electron chi connectivity index (χ0n) is 41.8. The van der Waals surface area contributed by atoms with Gasteiger partial charge in [0.2, 0.25) is 11.8 Å². The van der Waals surface area contributed by atoms with E-state index in [4.69, 9.17) is 9.84 Å². The lowest BCUT2D eigenvalue weighted by Crippen LogP contribution is -2.47. The number of hydrogen-bond donors (Lipinski definition) is 3. The van der Waals surface area contributed by atoms with Crippen LogP contribution in [0.3, 0.4) is 0 Å². The smallest absolute Gasteiger partial charge is 0.354 e. The number of carbonyl (C=O) groups excluding carboxylic acids is 3. The number of piperazine rings is 1. The number of carbonyl (C=O) groups is 4. The molecule has 382 valence electrons. The van der Waals surface area contributed by atoms with Crippen LogP contribution < -0.4 is 25.2 Å². The Morgan fingerprint density at radius 1 is 0.824 bits per heavy atom. The van der Waals surface area contributed by atoms with Crippen LogP contribution in [0.25, 0.3) is 21.1 Å². The fourth-order valence-electron chi connectivity index (χ4n) is 11.2. The molecule has 3 fully saturated rings. The van der Waals surface area contributed by atoms with Crippen molar-refractivity contribution in [2.24, 2.45) is 13.0 Å². The number of amides is 3. The number of imide groups is 1. The summed E-state index contributed by atoms with van der Waals surface area (Å²) in [7, 11) is 1.92. The van der Waals surface area contributed by atoms with Gasteiger partial charge in [-0.3, -0.25) is 34.6 Å². The molecule has 0 aliphatic carbocycles. The van der Waals surface area contributed by atoms with Crippen molar-refractivity contribution in [1.82, 2.24) is 34.9 Å². The number of fused-ring (bicyclic) bond motifs is 3. The van der Waals surface area contributed by atoms with Gasteiger partial charge >= 0.3 is 5.97 Å². The van der Waals surface area contributed by atoms with Gasteiger partial charge in [0.25, 0.3) is 5.91 Å². The predicted octanol–water partition coefficient (Wildman–Crippen LogP) is 8.05. The molecule has 0 saturated carbocycles. The summed E-state index contributed by atoms with van der Waals surface area (Å²) < 4.78 is 8.98. The number of para-hydroxylation sites is 1. The minimum absolute atomic E-state index is 0.0459. The number of anilines is 3. The molecule has 11 rings (SSSR count). The molecule has 0 bridgehead atoms. The van der Waals surface area contributed by atoms with E-state index in [0.29, 0.717) is 66.1 Å². The molecule has 3 N–H and O–H groups in total. The molecule has 3 aromatic heterocycles. The van der Waals surface area contributed by atoms with Crippen LogP contribution in [0.5, 0.6) is 5.75 Å². The van der Waals surface area contributed by atoms with Gasteiger partial charge in [0.05, 0.1) is 27.3 Å². The number of ether oxygens (including phenoxy) is 1. The molecule has 3 saturated heterocycles. The van der Waals surface area contributed by atoms with Gasteiger partial charge in [0.15, 0.2) is 10.8 Å². The number of aromatic nitrogens is 4. The summed E-state index contributed by atoms with van der Waals surface area (Å²) in [6.07, 6.45) is 7.33. The van der Waals surface area contributed by atoms with Crippen LogP contribution in [-0.4, -0.2) is 117 Å². The van der Waals surface area contributed by atoms with E-state index in [1.807, 2.05) is 77.3 Å². The van der Waals surface area contributed by atoms with Crippen molar-refractivity contribution in [3.8, 4) is 5.75 Å². The second-order valence-electron chi connectivity index (χ2n) is 20.2. The Hall–Kier alpha value is -7.21. The fourth-order valence-corrected chi connectivity index (χ4v) is 12.1. The third-order valence-corrected chi connectivity index (χ3v) is 16.5. The highest BCUT2D eigenvalue weighted by atomic mass is 32.1. The number of rotatable bonds is 16. The maximum atomic E-state index is 13.6. The largest absolute Gasteiger partial charge is 0.489 e. The summed E-state index contributed by atoms with van der Waals surface area (Å²) in [6.45, 7) is 9.70. The number of likely N-dealkylation sites (tertiary alicyclic amines) is 1. The van der Waals surface area contributed by atoms with Crippen molar-refractivity contribution in [2.75, 3.05) is 74.0 Å².